The molecule has 0 saturated carbocycles. The van der Waals surface area contributed by atoms with Gasteiger partial charge in [-0.25, -0.2) is 0 Å². The van der Waals surface area contributed by atoms with E-state index < -0.39 is 0 Å². The molecule has 1 aromatic heterocycles. The smallest absolute Gasteiger partial charge is 0.214 e. The maximum atomic E-state index is 12.5. The molecule has 0 amide bonds. The Balaban J connectivity index is 1.80. The predicted molar refractivity (Wildman–Crippen MR) is 95.0 cm³/mol. The fraction of sp³-hybridized carbons (Fsp3) is 0.176. The number of carbonyl (C=O) groups is 1. The zero-order valence-corrected chi connectivity index (χ0v) is 14.8. The van der Waals surface area contributed by atoms with Crippen LogP contribution >= 0.6 is 23.4 Å². The first-order valence-electron chi connectivity index (χ1n) is 7.36. The maximum absolute atomic E-state index is 12.5. The molecule has 0 fully saturated rings. The summed E-state index contributed by atoms with van der Waals surface area (Å²) in [5.74, 6) is 0.00968. The summed E-state index contributed by atoms with van der Waals surface area (Å²) in [6.07, 6.45) is 0. The van der Waals surface area contributed by atoms with E-state index >= 15 is 0 Å². The monoisotopic (exact) mass is 358 g/mol. The lowest BCUT2D eigenvalue weighted by Gasteiger charge is -2.10. The molecule has 1 atom stereocenters. The second-order valence-electron chi connectivity index (χ2n) is 5.34. The van der Waals surface area contributed by atoms with Crippen LogP contribution in [0.2, 0.25) is 5.02 Å². The number of carbonyl (C=O) groups excluding carboxylic acids is 1. The summed E-state index contributed by atoms with van der Waals surface area (Å²) in [4.78, 5) is 12.5. The number of ketones is 1. The van der Waals surface area contributed by atoms with Crippen molar-refractivity contribution >= 4 is 29.1 Å². The second kappa shape index (κ2) is 7.15. The molecular weight excluding hydrogens is 344 g/mol. The topological polar surface area (TPSA) is 60.7 Å². The van der Waals surface area contributed by atoms with Crippen LogP contribution in [-0.4, -0.2) is 31.2 Å². The number of nitrogens with zero attached hydrogens (tertiary/aromatic N) is 4. The van der Waals surface area contributed by atoms with Gasteiger partial charge in [0.2, 0.25) is 5.16 Å². The quantitative estimate of drug-likeness (QED) is 0.510. The van der Waals surface area contributed by atoms with Crippen molar-refractivity contribution in [3.63, 3.8) is 0 Å². The lowest BCUT2D eigenvalue weighted by atomic mass is 10.1. The molecule has 1 heterocycles. The normalized spacial score (nSPS) is 12.1. The highest BCUT2D eigenvalue weighted by Gasteiger charge is 2.20. The molecule has 1 unspecified atom stereocenters. The summed E-state index contributed by atoms with van der Waals surface area (Å²) in [5, 5.41) is 12.7. The molecular formula is C17H15ClN4OS. The first-order chi connectivity index (χ1) is 11.5. The van der Waals surface area contributed by atoms with Gasteiger partial charge >= 0.3 is 0 Å². The van der Waals surface area contributed by atoms with Crippen LogP contribution in [0.4, 0.5) is 0 Å². The summed E-state index contributed by atoms with van der Waals surface area (Å²) in [6, 6.07) is 14.8. The minimum Gasteiger partial charge on any atom is -0.293 e. The molecule has 24 heavy (non-hydrogen) atoms. The zero-order chi connectivity index (χ0) is 17.1. The number of rotatable bonds is 5. The molecule has 3 aromatic rings. The van der Waals surface area contributed by atoms with Gasteiger partial charge in [0.05, 0.1) is 10.9 Å². The summed E-state index contributed by atoms with van der Waals surface area (Å²) in [5.41, 5.74) is 2.60. The molecule has 0 aliphatic carbocycles. The van der Waals surface area contributed by atoms with E-state index in [4.69, 9.17) is 11.6 Å². The molecule has 0 saturated heterocycles. The third-order valence-electron chi connectivity index (χ3n) is 3.47. The molecule has 0 spiro atoms. The number of hydrogen-bond acceptors (Lipinski definition) is 5. The highest BCUT2D eigenvalue weighted by molar-refractivity contribution is 8.00. The minimum absolute atomic E-state index is 0.00968. The molecule has 0 aliphatic rings. The van der Waals surface area contributed by atoms with Crippen LogP contribution in [0.25, 0.3) is 5.69 Å². The predicted octanol–water partition coefficient (Wildman–Crippen LogP) is 3.99. The third-order valence-corrected chi connectivity index (χ3v) is 4.75. The van der Waals surface area contributed by atoms with Crippen LogP contribution in [-0.2, 0) is 0 Å². The lowest BCUT2D eigenvalue weighted by Crippen LogP contribution is -2.14. The van der Waals surface area contributed by atoms with Gasteiger partial charge in [-0.3, -0.25) is 4.79 Å². The van der Waals surface area contributed by atoms with Crippen LogP contribution < -0.4 is 0 Å². The van der Waals surface area contributed by atoms with Crippen molar-refractivity contribution in [1.29, 1.82) is 0 Å². The Hall–Kier alpha value is -2.18. The second-order valence-corrected chi connectivity index (χ2v) is 7.09. The van der Waals surface area contributed by atoms with Gasteiger partial charge in [0, 0.05) is 10.6 Å². The molecule has 0 radical (unpaired) electrons. The fourth-order valence-corrected chi connectivity index (χ4v) is 3.25. The Bertz CT molecular complexity index is 863. The van der Waals surface area contributed by atoms with Gasteiger partial charge in [0.1, 0.15) is 0 Å². The first kappa shape index (κ1) is 16.7. The number of hydrogen-bond donors (Lipinski definition) is 0. The van der Waals surface area contributed by atoms with Gasteiger partial charge in [0.15, 0.2) is 5.78 Å². The highest BCUT2D eigenvalue weighted by Crippen LogP contribution is 2.25. The van der Waals surface area contributed by atoms with Crippen LogP contribution in [0.3, 0.4) is 0 Å². The van der Waals surface area contributed by atoms with E-state index in [1.165, 1.54) is 11.8 Å². The van der Waals surface area contributed by atoms with Crippen molar-refractivity contribution in [2.45, 2.75) is 24.3 Å². The van der Waals surface area contributed by atoms with Gasteiger partial charge in [-0.2, -0.15) is 4.68 Å². The van der Waals surface area contributed by atoms with E-state index in [0.717, 1.165) is 11.3 Å². The Morgan fingerprint density at radius 1 is 1.21 bits per heavy atom. The van der Waals surface area contributed by atoms with E-state index in [9.17, 15) is 4.79 Å². The van der Waals surface area contributed by atoms with Crippen LogP contribution in [0.5, 0.6) is 0 Å². The average Bonchev–Trinajstić information content (AvgIpc) is 3.03. The number of aromatic nitrogens is 4. The zero-order valence-electron chi connectivity index (χ0n) is 13.2. The standard InChI is InChI=1S/C17H15ClN4OS/c1-11-4-3-5-15(10-11)22-17(19-20-21-22)24-12(2)16(23)13-6-8-14(18)9-7-13/h3-10,12H,1-2H3. The fourth-order valence-electron chi connectivity index (χ4n) is 2.23. The van der Waals surface area contributed by atoms with E-state index in [2.05, 4.69) is 15.5 Å². The van der Waals surface area contributed by atoms with Crippen LogP contribution in [0, 0.1) is 6.92 Å². The molecule has 0 N–H and O–H groups in total. The van der Waals surface area contributed by atoms with Crippen molar-refractivity contribution in [1.82, 2.24) is 20.2 Å². The molecule has 5 nitrogen and oxygen atoms in total. The molecule has 2 aromatic carbocycles. The number of tetrazole rings is 1. The Morgan fingerprint density at radius 2 is 1.96 bits per heavy atom. The Morgan fingerprint density at radius 3 is 2.67 bits per heavy atom. The van der Waals surface area contributed by atoms with E-state index in [0.29, 0.717) is 15.7 Å². The van der Waals surface area contributed by atoms with Crippen molar-refractivity contribution in [2.75, 3.05) is 0 Å². The van der Waals surface area contributed by atoms with Crippen LogP contribution in [0.1, 0.15) is 22.8 Å². The lowest BCUT2D eigenvalue weighted by molar-refractivity contribution is 0.0994. The summed E-state index contributed by atoms with van der Waals surface area (Å²) < 4.78 is 1.64. The first-order valence-corrected chi connectivity index (χ1v) is 8.62. The number of aryl methyl sites for hydroxylation is 1. The summed E-state index contributed by atoms with van der Waals surface area (Å²) in [7, 11) is 0. The highest BCUT2D eigenvalue weighted by atomic mass is 35.5. The van der Waals surface area contributed by atoms with Gasteiger partial charge in [-0.15, -0.1) is 5.10 Å². The van der Waals surface area contributed by atoms with Crippen LogP contribution in [0.15, 0.2) is 53.7 Å². The Labute approximate surface area is 149 Å². The van der Waals surface area contributed by atoms with E-state index in [-0.39, 0.29) is 11.0 Å². The maximum Gasteiger partial charge on any atom is 0.214 e. The SMILES string of the molecule is Cc1cccc(-n2nnnc2SC(C)C(=O)c2ccc(Cl)cc2)c1. The summed E-state index contributed by atoms with van der Waals surface area (Å²) in [6.45, 7) is 3.85. The number of halogens is 1. The minimum atomic E-state index is -0.319. The number of Topliss-reactive ketones (excluding diaryl/α,β-unsaturated/α-hetero) is 1. The molecule has 0 aliphatic heterocycles. The number of benzene rings is 2. The molecule has 7 heteroatoms. The molecule has 3 rings (SSSR count). The van der Waals surface area contributed by atoms with Gasteiger partial charge < -0.3 is 0 Å². The van der Waals surface area contributed by atoms with Crippen molar-refractivity contribution in [2.24, 2.45) is 0 Å². The van der Waals surface area contributed by atoms with Crippen molar-refractivity contribution < 1.29 is 4.79 Å². The van der Waals surface area contributed by atoms with E-state index in [1.54, 1.807) is 28.9 Å². The molecule has 122 valence electrons. The van der Waals surface area contributed by atoms with E-state index in [1.807, 2.05) is 38.1 Å². The largest absolute Gasteiger partial charge is 0.293 e. The Kier molecular flexibility index (Phi) is 4.97. The van der Waals surface area contributed by atoms with Crippen molar-refractivity contribution in [3.8, 4) is 5.69 Å². The average molecular weight is 359 g/mol. The molecule has 0 bridgehead atoms. The number of thioether (sulfide) groups is 1. The summed E-state index contributed by atoms with van der Waals surface area (Å²) >= 11 is 7.20. The third kappa shape index (κ3) is 3.66. The van der Waals surface area contributed by atoms with Gasteiger partial charge in [0.25, 0.3) is 0 Å². The van der Waals surface area contributed by atoms with Gasteiger partial charge in [-0.1, -0.05) is 35.5 Å². The van der Waals surface area contributed by atoms with Crippen molar-refractivity contribution in [3.05, 3.63) is 64.7 Å². The van der Waals surface area contributed by atoms with Gasteiger partial charge in [-0.05, 0) is 66.2 Å².